The molecule has 0 saturated carbocycles. The number of rotatable bonds is 4. The summed E-state index contributed by atoms with van der Waals surface area (Å²) in [5.74, 6) is 1.86. The van der Waals surface area contributed by atoms with E-state index in [0.29, 0.717) is 29.6 Å². The van der Waals surface area contributed by atoms with Crippen LogP contribution in [-0.4, -0.2) is 41.5 Å². The minimum absolute atomic E-state index is 0.0932. The molecular weight excluding hydrogens is 374 g/mol. The lowest BCUT2D eigenvalue weighted by Crippen LogP contribution is -2.40. The van der Waals surface area contributed by atoms with Crippen molar-refractivity contribution in [2.45, 2.75) is 19.4 Å². The lowest BCUT2D eigenvalue weighted by Gasteiger charge is -2.37. The van der Waals surface area contributed by atoms with Gasteiger partial charge in [-0.25, -0.2) is 9.97 Å². The number of benzene rings is 1. The molecule has 0 aliphatic carbocycles. The Bertz CT molecular complexity index is 1000. The summed E-state index contributed by atoms with van der Waals surface area (Å²) in [5.41, 5.74) is 2.64. The minimum Gasteiger partial charge on any atom is -0.493 e. The third-order valence-electron chi connectivity index (χ3n) is 4.94. The zero-order valence-electron chi connectivity index (χ0n) is 16.0. The van der Waals surface area contributed by atoms with Crippen LogP contribution in [0.15, 0.2) is 41.9 Å². The summed E-state index contributed by atoms with van der Waals surface area (Å²) in [6.07, 6.45) is 2.37. The van der Waals surface area contributed by atoms with Gasteiger partial charge in [0.2, 0.25) is 0 Å². The summed E-state index contributed by atoms with van der Waals surface area (Å²) in [7, 11) is 3.26. The van der Waals surface area contributed by atoms with E-state index in [1.165, 1.54) is 5.56 Å². The van der Waals surface area contributed by atoms with Gasteiger partial charge in [0.25, 0.3) is 5.91 Å². The summed E-state index contributed by atoms with van der Waals surface area (Å²) >= 11 is 1.64. The molecule has 7 heteroatoms. The minimum atomic E-state index is -0.189. The fourth-order valence-corrected chi connectivity index (χ4v) is 4.50. The first-order valence-corrected chi connectivity index (χ1v) is 9.89. The number of methoxy groups -OCH3 is 2. The number of amides is 1. The first kappa shape index (κ1) is 18.4. The molecule has 0 bridgehead atoms. The van der Waals surface area contributed by atoms with E-state index in [0.717, 1.165) is 16.9 Å². The van der Waals surface area contributed by atoms with Crippen LogP contribution in [0.1, 0.15) is 38.4 Å². The van der Waals surface area contributed by atoms with Crippen molar-refractivity contribution in [1.82, 2.24) is 14.9 Å². The number of carbonyl (C=O) groups is 1. The number of hydrogen-bond donors (Lipinski definition) is 0. The van der Waals surface area contributed by atoms with Gasteiger partial charge in [-0.1, -0.05) is 6.07 Å². The van der Waals surface area contributed by atoms with E-state index in [2.05, 4.69) is 16.0 Å². The van der Waals surface area contributed by atoms with E-state index in [4.69, 9.17) is 9.47 Å². The number of nitrogens with zero attached hydrogens (tertiary/aromatic N) is 3. The highest BCUT2D eigenvalue weighted by Gasteiger charge is 2.34. The second-order valence-electron chi connectivity index (χ2n) is 6.56. The molecule has 144 valence electrons. The number of ether oxygens (including phenoxy) is 2. The molecule has 6 nitrogen and oxygen atoms in total. The molecule has 1 aliphatic heterocycles. The van der Waals surface area contributed by atoms with Crippen molar-refractivity contribution in [3.05, 3.63) is 69.4 Å². The highest BCUT2D eigenvalue weighted by atomic mass is 32.1. The average Bonchev–Trinajstić information content (AvgIpc) is 3.25. The Morgan fingerprint density at radius 1 is 1.21 bits per heavy atom. The molecule has 4 rings (SSSR count). The van der Waals surface area contributed by atoms with Crippen molar-refractivity contribution in [3.63, 3.8) is 0 Å². The first-order valence-electron chi connectivity index (χ1n) is 9.01. The summed E-state index contributed by atoms with van der Waals surface area (Å²) in [5, 5.41) is 2.03. The molecule has 2 aromatic heterocycles. The van der Waals surface area contributed by atoms with Crippen molar-refractivity contribution in [2.24, 2.45) is 0 Å². The van der Waals surface area contributed by atoms with Crippen molar-refractivity contribution < 1.29 is 14.3 Å². The molecule has 0 N–H and O–H groups in total. The third kappa shape index (κ3) is 3.22. The molecule has 1 aliphatic rings. The molecule has 28 heavy (non-hydrogen) atoms. The second kappa shape index (κ2) is 7.59. The van der Waals surface area contributed by atoms with E-state index in [1.807, 2.05) is 28.5 Å². The summed E-state index contributed by atoms with van der Waals surface area (Å²) in [4.78, 5) is 24.8. The zero-order chi connectivity index (χ0) is 19.7. The number of aromatic nitrogens is 2. The van der Waals surface area contributed by atoms with Crippen LogP contribution in [0.3, 0.4) is 0 Å². The van der Waals surface area contributed by atoms with Crippen molar-refractivity contribution in [3.8, 4) is 11.5 Å². The van der Waals surface area contributed by atoms with Gasteiger partial charge in [-0.3, -0.25) is 4.79 Å². The van der Waals surface area contributed by atoms with Gasteiger partial charge in [-0.15, -0.1) is 11.3 Å². The number of hydrogen-bond acceptors (Lipinski definition) is 6. The van der Waals surface area contributed by atoms with Crippen LogP contribution in [0.4, 0.5) is 0 Å². The van der Waals surface area contributed by atoms with Crippen LogP contribution in [0.2, 0.25) is 0 Å². The zero-order valence-corrected chi connectivity index (χ0v) is 16.8. The van der Waals surface area contributed by atoms with Crippen molar-refractivity contribution in [1.29, 1.82) is 0 Å². The largest absolute Gasteiger partial charge is 0.493 e. The SMILES string of the molecule is COc1cc2c(cc1OC)[C@H](c1cccs1)N(C(=O)c1ccnc(C)n1)CC2. The number of aryl methyl sites for hydroxylation is 1. The normalized spacial score (nSPS) is 15.8. The maximum Gasteiger partial charge on any atom is 0.273 e. The molecule has 1 atom stereocenters. The molecular formula is C21H21N3O3S. The quantitative estimate of drug-likeness (QED) is 0.675. The average molecular weight is 395 g/mol. The fraction of sp³-hybridized carbons (Fsp3) is 0.286. The van der Waals surface area contributed by atoms with E-state index >= 15 is 0 Å². The monoisotopic (exact) mass is 395 g/mol. The van der Waals surface area contributed by atoms with E-state index in [-0.39, 0.29) is 11.9 Å². The van der Waals surface area contributed by atoms with Crippen LogP contribution < -0.4 is 9.47 Å². The highest BCUT2D eigenvalue weighted by molar-refractivity contribution is 7.10. The number of carbonyl (C=O) groups excluding carboxylic acids is 1. The standard InChI is InChI=1S/C21H21N3O3S/c1-13-22-8-6-16(23-13)21(25)24-9-7-14-11-17(26-2)18(27-3)12-15(14)20(24)19-5-4-10-28-19/h4-6,8,10-12,20H,7,9H2,1-3H3/t20-/m1/s1. The molecule has 3 aromatic rings. The van der Waals surface area contributed by atoms with E-state index in [9.17, 15) is 4.79 Å². The summed E-state index contributed by atoms with van der Waals surface area (Å²) in [6.45, 7) is 2.39. The van der Waals surface area contributed by atoms with Crippen molar-refractivity contribution in [2.75, 3.05) is 20.8 Å². The van der Waals surface area contributed by atoms with Gasteiger partial charge in [0.05, 0.1) is 20.3 Å². The molecule has 0 spiro atoms. The van der Waals surface area contributed by atoms with Crippen molar-refractivity contribution >= 4 is 17.2 Å². The van der Waals surface area contributed by atoms with Crippen LogP contribution >= 0.6 is 11.3 Å². The van der Waals surface area contributed by atoms with Gasteiger partial charge in [0.1, 0.15) is 11.5 Å². The maximum atomic E-state index is 13.3. The van der Waals surface area contributed by atoms with Gasteiger partial charge in [0, 0.05) is 17.6 Å². The smallest absolute Gasteiger partial charge is 0.273 e. The van der Waals surface area contributed by atoms with Gasteiger partial charge in [-0.05, 0) is 54.1 Å². The molecule has 0 unspecified atom stereocenters. The number of fused-ring (bicyclic) bond motifs is 1. The Morgan fingerprint density at radius 2 is 2.00 bits per heavy atom. The van der Waals surface area contributed by atoms with E-state index < -0.39 is 0 Å². The summed E-state index contributed by atoms with van der Waals surface area (Å²) in [6, 6.07) is 9.56. The molecule has 0 fully saturated rings. The van der Waals surface area contributed by atoms with Gasteiger partial charge < -0.3 is 14.4 Å². The Morgan fingerprint density at radius 3 is 2.68 bits per heavy atom. The lowest BCUT2D eigenvalue weighted by atomic mass is 9.90. The van der Waals surface area contributed by atoms with Crippen LogP contribution in [-0.2, 0) is 6.42 Å². The van der Waals surface area contributed by atoms with Crippen LogP contribution in [0, 0.1) is 6.92 Å². The van der Waals surface area contributed by atoms with Gasteiger partial charge >= 0.3 is 0 Å². The van der Waals surface area contributed by atoms with Crippen LogP contribution in [0.5, 0.6) is 11.5 Å². The Labute approximate surface area is 167 Å². The highest BCUT2D eigenvalue weighted by Crippen LogP contribution is 2.42. The van der Waals surface area contributed by atoms with Crippen LogP contribution in [0.25, 0.3) is 0 Å². The second-order valence-corrected chi connectivity index (χ2v) is 7.54. The molecule has 0 radical (unpaired) electrons. The summed E-state index contributed by atoms with van der Waals surface area (Å²) < 4.78 is 11.0. The Hall–Kier alpha value is -2.93. The van der Waals surface area contributed by atoms with Gasteiger partial charge in [-0.2, -0.15) is 0 Å². The van der Waals surface area contributed by atoms with E-state index in [1.54, 1.807) is 44.7 Å². The fourth-order valence-electron chi connectivity index (χ4n) is 3.64. The maximum absolute atomic E-state index is 13.3. The lowest BCUT2D eigenvalue weighted by molar-refractivity contribution is 0.0690. The van der Waals surface area contributed by atoms with Gasteiger partial charge in [0.15, 0.2) is 11.5 Å². The molecule has 1 amide bonds. The molecule has 0 saturated heterocycles. The number of thiophene rings is 1. The third-order valence-corrected chi connectivity index (χ3v) is 5.87. The Kier molecular flexibility index (Phi) is 5.00. The predicted molar refractivity (Wildman–Crippen MR) is 107 cm³/mol. The molecule has 1 aromatic carbocycles. The first-order chi connectivity index (χ1) is 13.6. The predicted octanol–water partition coefficient (Wildman–Crippen LogP) is 3.65. The topological polar surface area (TPSA) is 64.6 Å². The Balaban J connectivity index is 1.82. The molecule has 3 heterocycles.